The third-order valence-corrected chi connectivity index (χ3v) is 9.05. The maximum Gasteiger partial charge on any atom is 0.272 e. The molecule has 1 aromatic heterocycles. The number of ether oxygens (including phenoxy) is 1. The van der Waals surface area contributed by atoms with Gasteiger partial charge in [0.1, 0.15) is 17.0 Å². The summed E-state index contributed by atoms with van der Waals surface area (Å²) in [6.07, 6.45) is 2.15. The first-order valence-electron chi connectivity index (χ1n) is 16.0. The van der Waals surface area contributed by atoms with E-state index in [0.29, 0.717) is 46.1 Å². The molecule has 1 unspecified atom stereocenters. The van der Waals surface area contributed by atoms with Crippen LogP contribution in [0.25, 0.3) is 28.6 Å². The van der Waals surface area contributed by atoms with E-state index in [4.69, 9.17) is 9.15 Å². The summed E-state index contributed by atoms with van der Waals surface area (Å²) >= 11 is 1.39. The Kier molecular flexibility index (Phi) is 10.7. The molecule has 0 aliphatic carbocycles. The molecule has 0 saturated carbocycles. The van der Waals surface area contributed by atoms with Crippen LogP contribution in [0.2, 0.25) is 0 Å². The van der Waals surface area contributed by atoms with Crippen LogP contribution in [-0.4, -0.2) is 35.1 Å². The topological polar surface area (TPSA) is 123 Å². The molecule has 0 saturated heterocycles. The predicted molar refractivity (Wildman–Crippen MR) is 198 cm³/mol. The number of aromatic nitrogens is 1. The van der Waals surface area contributed by atoms with Crippen LogP contribution in [-0.2, 0) is 9.59 Å². The molecule has 3 amide bonds. The molecule has 6 rings (SSSR count). The van der Waals surface area contributed by atoms with Crippen LogP contribution in [0.15, 0.2) is 142 Å². The van der Waals surface area contributed by atoms with Crippen molar-refractivity contribution in [3.8, 4) is 17.2 Å². The Labute approximate surface area is 293 Å². The lowest BCUT2D eigenvalue weighted by Crippen LogP contribution is -2.30. The summed E-state index contributed by atoms with van der Waals surface area (Å²) in [5.41, 5.74) is 4.53. The molecular weight excluding hydrogens is 649 g/mol. The van der Waals surface area contributed by atoms with Crippen LogP contribution in [0.5, 0.6) is 5.75 Å². The van der Waals surface area contributed by atoms with Crippen molar-refractivity contribution in [3.05, 3.63) is 144 Å². The van der Waals surface area contributed by atoms with Crippen molar-refractivity contribution in [2.45, 2.75) is 23.5 Å². The molecule has 1 heterocycles. The summed E-state index contributed by atoms with van der Waals surface area (Å²) in [6.45, 7) is 1.95. The molecule has 6 aromatic rings. The molecule has 0 aliphatic heterocycles. The number of thioether (sulfide) groups is 1. The van der Waals surface area contributed by atoms with Gasteiger partial charge in [-0.15, -0.1) is 11.8 Å². The van der Waals surface area contributed by atoms with Gasteiger partial charge in [0.05, 0.1) is 12.4 Å². The van der Waals surface area contributed by atoms with Crippen molar-refractivity contribution < 1.29 is 23.5 Å². The van der Waals surface area contributed by atoms with E-state index in [1.807, 2.05) is 79.7 Å². The Hall–Kier alpha value is -6.13. The zero-order chi connectivity index (χ0) is 34.9. The number of para-hydroxylation sites is 3. The fourth-order valence-corrected chi connectivity index (χ4v) is 6.14. The maximum atomic E-state index is 13.6. The average Bonchev–Trinajstić information content (AvgIpc) is 3.59. The minimum atomic E-state index is -0.520. The number of nitrogens with zero attached hydrogens (tertiary/aromatic N) is 1. The van der Waals surface area contributed by atoms with Gasteiger partial charge in [0, 0.05) is 33.0 Å². The van der Waals surface area contributed by atoms with Crippen LogP contribution in [0.3, 0.4) is 0 Å². The van der Waals surface area contributed by atoms with E-state index >= 15 is 0 Å². The van der Waals surface area contributed by atoms with Gasteiger partial charge in [0.2, 0.25) is 11.8 Å². The van der Waals surface area contributed by atoms with E-state index < -0.39 is 17.1 Å². The molecule has 0 fully saturated rings. The van der Waals surface area contributed by atoms with Crippen molar-refractivity contribution in [2.75, 3.05) is 17.7 Å². The Bertz CT molecular complexity index is 2130. The van der Waals surface area contributed by atoms with Crippen LogP contribution < -0.4 is 20.7 Å². The Morgan fingerprint density at radius 3 is 2.32 bits per heavy atom. The van der Waals surface area contributed by atoms with Gasteiger partial charge in [-0.25, -0.2) is 4.98 Å². The van der Waals surface area contributed by atoms with E-state index in [0.717, 1.165) is 16.0 Å². The SMILES string of the molecule is CCC(Sc1cccc(NC(=O)/C(=C\c2ccccc2OC)NC(=O)c2ccccc2)c1)C(=O)Nc1ccc(-c2nc3ccccc3o2)cc1. The third-order valence-electron chi connectivity index (χ3n) is 7.69. The zero-order valence-corrected chi connectivity index (χ0v) is 28.2. The number of methoxy groups -OCH3 is 1. The number of hydrogen-bond acceptors (Lipinski definition) is 7. The number of carbonyl (C=O) groups is 3. The predicted octanol–water partition coefficient (Wildman–Crippen LogP) is 8.42. The largest absolute Gasteiger partial charge is 0.496 e. The molecule has 0 spiro atoms. The van der Waals surface area contributed by atoms with Gasteiger partial charge in [-0.1, -0.05) is 61.5 Å². The van der Waals surface area contributed by atoms with Crippen LogP contribution >= 0.6 is 11.8 Å². The number of benzene rings is 5. The standard InChI is InChI=1S/C40H34N4O5S/c1-3-36(39(47)41-29-22-20-27(21-23-29)40-44-32-17-8-10-19-35(32)49-40)50-31-16-11-15-30(25-31)42-38(46)33(24-28-14-7-9-18-34(28)48-2)43-37(45)26-12-5-4-6-13-26/h4-25,36H,3H2,1-2H3,(H,41,47)(H,42,46)(H,43,45)/b33-24+. The average molecular weight is 683 g/mol. The lowest BCUT2D eigenvalue weighted by Gasteiger charge is -2.16. The lowest BCUT2D eigenvalue weighted by atomic mass is 10.1. The third kappa shape index (κ3) is 8.29. The molecule has 9 nitrogen and oxygen atoms in total. The second kappa shape index (κ2) is 15.8. The monoisotopic (exact) mass is 682 g/mol. The summed E-state index contributed by atoms with van der Waals surface area (Å²) in [6, 6.07) is 38.0. The fraction of sp³-hybridized carbons (Fsp3) is 0.100. The van der Waals surface area contributed by atoms with Gasteiger partial charge >= 0.3 is 0 Å². The zero-order valence-electron chi connectivity index (χ0n) is 27.4. The Morgan fingerprint density at radius 2 is 1.56 bits per heavy atom. The summed E-state index contributed by atoms with van der Waals surface area (Å²) in [7, 11) is 1.54. The van der Waals surface area contributed by atoms with E-state index in [-0.39, 0.29) is 11.6 Å². The number of fused-ring (bicyclic) bond motifs is 1. The maximum absolute atomic E-state index is 13.6. The highest BCUT2D eigenvalue weighted by Crippen LogP contribution is 2.30. The van der Waals surface area contributed by atoms with Crippen molar-refractivity contribution in [1.29, 1.82) is 0 Å². The number of hydrogen-bond donors (Lipinski definition) is 3. The number of carbonyl (C=O) groups excluding carboxylic acids is 3. The van der Waals surface area contributed by atoms with Crippen molar-refractivity contribution >= 4 is 58.0 Å². The first-order valence-corrected chi connectivity index (χ1v) is 16.8. The first kappa shape index (κ1) is 33.8. The molecule has 3 N–H and O–H groups in total. The minimum Gasteiger partial charge on any atom is -0.496 e. The van der Waals surface area contributed by atoms with E-state index in [9.17, 15) is 14.4 Å². The normalized spacial score (nSPS) is 11.8. The first-order chi connectivity index (χ1) is 24.4. The quantitative estimate of drug-likeness (QED) is 0.0875. The Morgan fingerprint density at radius 1 is 0.820 bits per heavy atom. The highest BCUT2D eigenvalue weighted by atomic mass is 32.2. The summed E-state index contributed by atoms with van der Waals surface area (Å²) in [5.74, 6) is -0.0309. The summed E-state index contributed by atoms with van der Waals surface area (Å²) < 4.78 is 11.3. The number of anilines is 2. The second-order valence-electron chi connectivity index (χ2n) is 11.2. The highest BCUT2D eigenvalue weighted by molar-refractivity contribution is 8.00. The van der Waals surface area contributed by atoms with Gasteiger partial charge < -0.3 is 25.1 Å². The van der Waals surface area contributed by atoms with Gasteiger partial charge in [-0.05, 0) is 85.3 Å². The molecule has 50 heavy (non-hydrogen) atoms. The molecule has 250 valence electrons. The van der Waals surface area contributed by atoms with Crippen LogP contribution in [0.4, 0.5) is 11.4 Å². The fourth-order valence-electron chi connectivity index (χ4n) is 5.13. The summed E-state index contributed by atoms with van der Waals surface area (Å²) in [5, 5.41) is 8.26. The van der Waals surface area contributed by atoms with Crippen molar-refractivity contribution in [1.82, 2.24) is 10.3 Å². The van der Waals surface area contributed by atoms with E-state index in [1.165, 1.54) is 11.8 Å². The van der Waals surface area contributed by atoms with Gasteiger partial charge in [0.25, 0.3) is 11.8 Å². The van der Waals surface area contributed by atoms with E-state index in [2.05, 4.69) is 20.9 Å². The molecule has 1 atom stereocenters. The van der Waals surface area contributed by atoms with Crippen LogP contribution in [0, 0.1) is 0 Å². The van der Waals surface area contributed by atoms with Gasteiger partial charge in [-0.3, -0.25) is 14.4 Å². The highest BCUT2D eigenvalue weighted by Gasteiger charge is 2.20. The van der Waals surface area contributed by atoms with Crippen molar-refractivity contribution in [3.63, 3.8) is 0 Å². The molecular formula is C40H34N4O5S. The molecule has 5 aromatic carbocycles. The van der Waals surface area contributed by atoms with E-state index in [1.54, 1.807) is 67.8 Å². The van der Waals surface area contributed by atoms with Gasteiger partial charge in [-0.2, -0.15) is 0 Å². The molecule has 0 bridgehead atoms. The number of oxazole rings is 1. The van der Waals surface area contributed by atoms with Crippen molar-refractivity contribution in [2.24, 2.45) is 0 Å². The molecule has 0 radical (unpaired) electrons. The summed E-state index contributed by atoms with van der Waals surface area (Å²) in [4.78, 5) is 45.3. The molecule has 0 aliphatic rings. The smallest absolute Gasteiger partial charge is 0.272 e. The number of rotatable bonds is 12. The Balaban J connectivity index is 1.13. The molecule has 10 heteroatoms. The lowest BCUT2D eigenvalue weighted by molar-refractivity contribution is -0.116. The minimum absolute atomic E-state index is 0.0364. The number of nitrogens with one attached hydrogen (secondary N) is 3. The number of amides is 3. The van der Waals surface area contributed by atoms with Crippen LogP contribution in [0.1, 0.15) is 29.3 Å². The second-order valence-corrected chi connectivity index (χ2v) is 12.4. The van der Waals surface area contributed by atoms with Gasteiger partial charge in [0.15, 0.2) is 5.58 Å².